The molecule has 1 saturated heterocycles. The van der Waals surface area contributed by atoms with Crippen LogP contribution in [0.5, 0.6) is 5.75 Å². The molecule has 2 unspecified atom stereocenters. The van der Waals surface area contributed by atoms with Crippen LogP contribution < -0.4 is 10.1 Å². The van der Waals surface area contributed by atoms with E-state index in [1.165, 1.54) is 43.2 Å². The van der Waals surface area contributed by atoms with Crippen LogP contribution in [0.25, 0.3) is 0 Å². The molecule has 1 heterocycles. The Kier molecular flexibility index (Phi) is 4.04. The largest absolute Gasteiger partial charge is 0.497 e. The van der Waals surface area contributed by atoms with Gasteiger partial charge in [0.1, 0.15) is 5.75 Å². The topological polar surface area (TPSA) is 30.5 Å². The van der Waals surface area contributed by atoms with Gasteiger partial charge >= 0.3 is 0 Å². The van der Waals surface area contributed by atoms with Gasteiger partial charge in [-0.2, -0.15) is 0 Å². The minimum Gasteiger partial charge on any atom is -0.497 e. The van der Waals surface area contributed by atoms with Gasteiger partial charge in [0.25, 0.3) is 0 Å². The van der Waals surface area contributed by atoms with Crippen molar-refractivity contribution in [2.45, 2.75) is 44.2 Å². The third-order valence-electron chi connectivity index (χ3n) is 4.30. The van der Waals surface area contributed by atoms with Crippen LogP contribution in [0.3, 0.4) is 0 Å². The van der Waals surface area contributed by atoms with E-state index in [2.05, 4.69) is 23.5 Å². The third-order valence-corrected chi connectivity index (χ3v) is 4.30. The van der Waals surface area contributed by atoms with Crippen molar-refractivity contribution < 1.29 is 9.47 Å². The lowest BCUT2D eigenvalue weighted by molar-refractivity contribution is 0.0153. The average Bonchev–Trinajstić information content (AvgIpc) is 2.88. The van der Waals surface area contributed by atoms with E-state index in [9.17, 15) is 0 Å². The molecule has 2 aliphatic rings. The maximum atomic E-state index is 5.78. The van der Waals surface area contributed by atoms with Crippen molar-refractivity contribution in [1.82, 2.24) is 5.32 Å². The van der Waals surface area contributed by atoms with Crippen molar-refractivity contribution in [3.8, 4) is 5.75 Å². The molecule has 2 atom stereocenters. The van der Waals surface area contributed by atoms with Gasteiger partial charge in [0.15, 0.2) is 0 Å². The Morgan fingerprint density at radius 2 is 2.26 bits per heavy atom. The molecular formula is C16H23NO2. The highest BCUT2D eigenvalue weighted by Crippen LogP contribution is 2.33. The van der Waals surface area contributed by atoms with E-state index in [1.807, 2.05) is 0 Å². The summed E-state index contributed by atoms with van der Waals surface area (Å²) in [4.78, 5) is 0. The first-order chi connectivity index (χ1) is 9.36. The molecular weight excluding hydrogens is 238 g/mol. The maximum Gasteiger partial charge on any atom is 0.119 e. The van der Waals surface area contributed by atoms with Crippen LogP contribution in [-0.2, 0) is 11.2 Å². The van der Waals surface area contributed by atoms with Gasteiger partial charge in [0.05, 0.1) is 13.2 Å². The Morgan fingerprint density at radius 1 is 1.32 bits per heavy atom. The lowest BCUT2D eigenvalue weighted by Crippen LogP contribution is -2.33. The molecule has 19 heavy (non-hydrogen) atoms. The summed E-state index contributed by atoms with van der Waals surface area (Å²) < 4.78 is 11.1. The fourth-order valence-corrected chi connectivity index (χ4v) is 3.16. The normalized spacial score (nSPS) is 26.2. The van der Waals surface area contributed by atoms with Crippen LogP contribution in [-0.4, -0.2) is 26.4 Å². The molecule has 3 rings (SSSR count). The quantitative estimate of drug-likeness (QED) is 0.904. The van der Waals surface area contributed by atoms with Gasteiger partial charge in [-0.05, 0) is 55.4 Å². The predicted molar refractivity (Wildman–Crippen MR) is 75.6 cm³/mol. The Bertz CT molecular complexity index is 427. The molecule has 0 saturated carbocycles. The lowest BCUT2D eigenvalue weighted by atomic mass is 10.1. The summed E-state index contributed by atoms with van der Waals surface area (Å²) in [6.45, 7) is 1.91. The molecule has 0 amide bonds. The molecule has 0 radical (unpaired) electrons. The van der Waals surface area contributed by atoms with E-state index in [1.54, 1.807) is 7.11 Å². The molecule has 1 aliphatic carbocycles. The fourth-order valence-electron chi connectivity index (χ4n) is 3.16. The second kappa shape index (κ2) is 5.93. The average molecular weight is 261 g/mol. The molecule has 1 aliphatic heterocycles. The summed E-state index contributed by atoms with van der Waals surface area (Å²) >= 11 is 0. The molecule has 1 N–H and O–H groups in total. The summed E-state index contributed by atoms with van der Waals surface area (Å²) in [6.07, 6.45) is 6.49. The van der Waals surface area contributed by atoms with Crippen LogP contribution in [0.15, 0.2) is 18.2 Å². The molecule has 0 spiro atoms. The number of benzene rings is 1. The van der Waals surface area contributed by atoms with E-state index in [4.69, 9.17) is 9.47 Å². The van der Waals surface area contributed by atoms with Crippen molar-refractivity contribution in [3.05, 3.63) is 29.3 Å². The summed E-state index contributed by atoms with van der Waals surface area (Å²) in [5.41, 5.74) is 2.87. The Hall–Kier alpha value is -1.06. The van der Waals surface area contributed by atoms with Crippen LogP contribution in [0, 0.1) is 0 Å². The standard InChI is InChI=1S/C16H23NO2/c1-18-13-7-5-12-6-8-16(15(12)10-13)17-11-14-4-2-3-9-19-14/h5,7,10,14,16-17H,2-4,6,8-9,11H2,1H3. The highest BCUT2D eigenvalue weighted by Gasteiger charge is 2.24. The van der Waals surface area contributed by atoms with Crippen molar-refractivity contribution in [2.24, 2.45) is 0 Å². The van der Waals surface area contributed by atoms with E-state index in [0.29, 0.717) is 12.1 Å². The number of hydrogen-bond donors (Lipinski definition) is 1. The van der Waals surface area contributed by atoms with E-state index < -0.39 is 0 Å². The fraction of sp³-hybridized carbons (Fsp3) is 0.625. The zero-order valence-electron chi connectivity index (χ0n) is 11.7. The highest BCUT2D eigenvalue weighted by molar-refractivity contribution is 5.40. The summed E-state index contributed by atoms with van der Waals surface area (Å²) in [7, 11) is 1.73. The van der Waals surface area contributed by atoms with Gasteiger partial charge in [-0.1, -0.05) is 6.07 Å². The Balaban J connectivity index is 1.61. The van der Waals surface area contributed by atoms with E-state index in [-0.39, 0.29) is 0 Å². The van der Waals surface area contributed by atoms with Gasteiger partial charge < -0.3 is 14.8 Å². The van der Waals surface area contributed by atoms with Crippen molar-refractivity contribution in [3.63, 3.8) is 0 Å². The molecule has 0 aromatic heterocycles. The Labute approximate surface area is 115 Å². The molecule has 3 nitrogen and oxygen atoms in total. The second-order valence-electron chi connectivity index (χ2n) is 5.55. The number of aryl methyl sites for hydroxylation is 1. The van der Waals surface area contributed by atoms with Gasteiger partial charge in [-0.3, -0.25) is 0 Å². The minimum absolute atomic E-state index is 0.406. The van der Waals surface area contributed by atoms with Crippen molar-refractivity contribution in [2.75, 3.05) is 20.3 Å². The van der Waals surface area contributed by atoms with Crippen LogP contribution >= 0.6 is 0 Å². The van der Waals surface area contributed by atoms with Gasteiger partial charge in [0.2, 0.25) is 0 Å². The zero-order valence-corrected chi connectivity index (χ0v) is 11.7. The molecule has 1 aromatic carbocycles. The number of ether oxygens (including phenoxy) is 2. The first kappa shape index (κ1) is 12.9. The number of methoxy groups -OCH3 is 1. The SMILES string of the molecule is COc1ccc2c(c1)C(NCC1CCCCO1)CC2. The van der Waals surface area contributed by atoms with E-state index >= 15 is 0 Å². The number of rotatable bonds is 4. The maximum absolute atomic E-state index is 5.78. The predicted octanol–water partition coefficient (Wildman–Crippen LogP) is 2.84. The van der Waals surface area contributed by atoms with Crippen LogP contribution in [0.2, 0.25) is 0 Å². The van der Waals surface area contributed by atoms with Crippen molar-refractivity contribution >= 4 is 0 Å². The molecule has 3 heteroatoms. The monoisotopic (exact) mass is 261 g/mol. The summed E-state index contributed by atoms with van der Waals surface area (Å²) in [6, 6.07) is 6.91. The van der Waals surface area contributed by atoms with Gasteiger partial charge in [-0.15, -0.1) is 0 Å². The molecule has 0 bridgehead atoms. The lowest BCUT2D eigenvalue weighted by Gasteiger charge is -2.25. The first-order valence-electron chi connectivity index (χ1n) is 7.38. The van der Waals surface area contributed by atoms with Crippen LogP contribution in [0.4, 0.5) is 0 Å². The van der Waals surface area contributed by atoms with Crippen molar-refractivity contribution in [1.29, 1.82) is 0 Å². The number of fused-ring (bicyclic) bond motifs is 1. The number of nitrogens with one attached hydrogen (secondary N) is 1. The summed E-state index contributed by atoms with van der Waals surface area (Å²) in [5, 5.41) is 3.68. The van der Waals surface area contributed by atoms with Crippen LogP contribution in [0.1, 0.15) is 42.9 Å². The zero-order chi connectivity index (χ0) is 13.1. The molecule has 104 valence electrons. The minimum atomic E-state index is 0.406. The first-order valence-corrected chi connectivity index (χ1v) is 7.38. The smallest absolute Gasteiger partial charge is 0.119 e. The molecule has 1 aromatic rings. The summed E-state index contributed by atoms with van der Waals surface area (Å²) in [5.74, 6) is 0.960. The molecule has 1 fully saturated rings. The third kappa shape index (κ3) is 2.93. The Morgan fingerprint density at radius 3 is 3.05 bits per heavy atom. The second-order valence-corrected chi connectivity index (χ2v) is 5.55. The number of hydrogen-bond acceptors (Lipinski definition) is 3. The van der Waals surface area contributed by atoms with Gasteiger partial charge in [-0.25, -0.2) is 0 Å². The highest BCUT2D eigenvalue weighted by atomic mass is 16.5. The van der Waals surface area contributed by atoms with E-state index in [0.717, 1.165) is 18.9 Å². The van der Waals surface area contributed by atoms with Gasteiger partial charge in [0, 0.05) is 19.2 Å².